The molecular formula is C22H26N2O3. The van der Waals surface area contributed by atoms with Crippen molar-refractivity contribution in [2.75, 3.05) is 6.54 Å². The van der Waals surface area contributed by atoms with Crippen LogP contribution in [-0.2, 0) is 27.4 Å². The Morgan fingerprint density at radius 1 is 1.04 bits per heavy atom. The largest absolute Gasteiger partial charge is 0.459 e. The molecule has 0 saturated carbocycles. The van der Waals surface area contributed by atoms with Crippen molar-refractivity contribution in [3.05, 3.63) is 71.8 Å². The quantitative estimate of drug-likeness (QED) is 0.765. The maximum absolute atomic E-state index is 12.7. The molecule has 1 aliphatic rings. The summed E-state index contributed by atoms with van der Waals surface area (Å²) in [4.78, 5) is 26.8. The molecule has 0 aliphatic carbocycles. The van der Waals surface area contributed by atoms with Crippen LogP contribution in [0.1, 0.15) is 30.4 Å². The molecule has 2 N–H and O–H groups in total. The van der Waals surface area contributed by atoms with Gasteiger partial charge >= 0.3 is 5.97 Å². The normalized spacial score (nSPS) is 17.5. The summed E-state index contributed by atoms with van der Waals surface area (Å²) in [6.07, 6.45) is 2.73. The van der Waals surface area contributed by atoms with E-state index in [-0.39, 0.29) is 18.5 Å². The maximum atomic E-state index is 12.7. The molecule has 27 heavy (non-hydrogen) atoms. The average molecular weight is 366 g/mol. The van der Waals surface area contributed by atoms with E-state index in [1.54, 1.807) is 4.90 Å². The topological polar surface area (TPSA) is 72.6 Å². The fourth-order valence-corrected chi connectivity index (χ4v) is 3.40. The van der Waals surface area contributed by atoms with E-state index in [2.05, 4.69) is 0 Å². The van der Waals surface area contributed by atoms with E-state index in [9.17, 15) is 9.59 Å². The summed E-state index contributed by atoms with van der Waals surface area (Å²) < 4.78 is 5.43. The van der Waals surface area contributed by atoms with E-state index in [1.807, 2.05) is 60.7 Å². The third-order valence-corrected chi connectivity index (χ3v) is 4.94. The predicted octanol–water partition coefficient (Wildman–Crippen LogP) is 2.68. The Balaban J connectivity index is 1.52. The van der Waals surface area contributed by atoms with Crippen LogP contribution >= 0.6 is 0 Å². The zero-order chi connectivity index (χ0) is 19.1. The van der Waals surface area contributed by atoms with Gasteiger partial charge in [0, 0.05) is 6.54 Å². The van der Waals surface area contributed by atoms with Crippen LogP contribution in [0.15, 0.2) is 60.7 Å². The average Bonchev–Trinajstić information content (AvgIpc) is 3.21. The van der Waals surface area contributed by atoms with Gasteiger partial charge in [-0.3, -0.25) is 4.79 Å². The molecular weight excluding hydrogens is 340 g/mol. The Morgan fingerprint density at radius 3 is 2.33 bits per heavy atom. The van der Waals surface area contributed by atoms with Crippen molar-refractivity contribution in [1.82, 2.24) is 4.90 Å². The molecule has 2 aromatic rings. The molecule has 0 radical (unpaired) electrons. The van der Waals surface area contributed by atoms with Gasteiger partial charge in [0.25, 0.3) is 0 Å². The van der Waals surface area contributed by atoms with Gasteiger partial charge in [0.2, 0.25) is 5.91 Å². The summed E-state index contributed by atoms with van der Waals surface area (Å²) in [5.41, 5.74) is 8.21. The summed E-state index contributed by atoms with van der Waals surface area (Å²) in [6.45, 7) is 0.779. The minimum absolute atomic E-state index is 0.162. The molecule has 2 aromatic carbocycles. The van der Waals surface area contributed by atoms with Crippen LogP contribution in [0.5, 0.6) is 0 Å². The van der Waals surface area contributed by atoms with Crippen LogP contribution in [0.25, 0.3) is 0 Å². The number of aryl methyl sites for hydroxylation is 1. The summed E-state index contributed by atoms with van der Waals surface area (Å²) in [5, 5.41) is 0. The molecule has 2 atom stereocenters. The second-order valence-corrected chi connectivity index (χ2v) is 6.91. The van der Waals surface area contributed by atoms with Gasteiger partial charge in [-0.15, -0.1) is 0 Å². The SMILES string of the molecule is N[C@@H](CCc1ccccc1)C(=O)N1CCC[C@@H]1C(=O)OCc1ccccc1. The molecule has 1 fully saturated rings. The Hall–Kier alpha value is -2.66. The van der Waals surface area contributed by atoms with E-state index < -0.39 is 12.1 Å². The highest BCUT2D eigenvalue weighted by Crippen LogP contribution is 2.21. The van der Waals surface area contributed by atoms with Crippen molar-refractivity contribution >= 4 is 11.9 Å². The van der Waals surface area contributed by atoms with Crippen LogP contribution < -0.4 is 5.73 Å². The molecule has 3 rings (SSSR count). The molecule has 0 spiro atoms. The number of ether oxygens (including phenoxy) is 1. The molecule has 0 unspecified atom stereocenters. The van der Waals surface area contributed by atoms with E-state index >= 15 is 0 Å². The molecule has 1 saturated heterocycles. The van der Waals surface area contributed by atoms with Gasteiger partial charge in [-0.05, 0) is 36.8 Å². The summed E-state index contributed by atoms with van der Waals surface area (Å²) in [5.74, 6) is -0.509. The molecule has 5 nitrogen and oxygen atoms in total. The lowest BCUT2D eigenvalue weighted by molar-refractivity contribution is -0.154. The van der Waals surface area contributed by atoms with E-state index in [0.717, 1.165) is 24.0 Å². The number of carbonyl (C=O) groups is 2. The summed E-state index contributed by atoms with van der Waals surface area (Å²) in [6, 6.07) is 18.4. The van der Waals surface area contributed by atoms with Crippen molar-refractivity contribution in [3.8, 4) is 0 Å². The third-order valence-electron chi connectivity index (χ3n) is 4.94. The van der Waals surface area contributed by atoms with Gasteiger partial charge in [0.15, 0.2) is 0 Å². The smallest absolute Gasteiger partial charge is 0.329 e. The van der Waals surface area contributed by atoms with Crippen molar-refractivity contribution in [1.29, 1.82) is 0 Å². The van der Waals surface area contributed by atoms with Gasteiger partial charge < -0.3 is 15.4 Å². The minimum Gasteiger partial charge on any atom is -0.459 e. The highest BCUT2D eigenvalue weighted by atomic mass is 16.5. The number of esters is 1. The molecule has 0 bridgehead atoms. The van der Waals surface area contributed by atoms with Gasteiger partial charge in [0.05, 0.1) is 6.04 Å². The maximum Gasteiger partial charge on any atom is 0.329 e. The van der Waals surface area contributed by atoms with Gasteiger partial charge in [-0.1, -0.05) is 60.7 Å². The number of rotatable bonds is 7. The number of nitrogens with two attached hydrogens (primary N) is 1. The fourth-order valence-electron chi connectivity index (χ4n) is 3.40. The second-order valence-electron chi connectivity index (χ2n) is 6.91. The zero-order valence-corrected chi connectivity index (χ0v) is 15.4. The summed E-state index contributed by atoms with van der Waals surface area (Å²) in [7, 11) is 0. The van der Waals surface area contributed by atoms with Crippen LogP contribution in [-0.4, -0.2) is 35.4 Å². The number of hydrogen-bond acceptors (Lipinski definition) is 4. The van der Waals surface area contributed by atoms with E-state index in [1.165, 1.54) is 0 Å². The molecule has 1 aliphatic heterocycles. The van der Waals surface area contributed by atoms with Crippen molar-refractivity contribution in [2.45, 2.75) is 44.4 Å². The van der Waals surface area contributed by atoms with Gasteiger partial charge in [0.1, 0.15) is 12.6 Å². The lowest BCUT2D eigenvalue weighted by Crippen LogP contribution is -2.49. The highest BCUT2D eigenvalue weighted by molar-refractivity contribution is 5.88. The monoisotopic (exact) mass is 366 g/mol. The first-order chi connectivity index (χ1) is 13.1. The second kappa shape index (κ2) is 9.33. The molecule has 142 valence electrons. The van der Waals surface area contributed by atoms with Crippen molar-refractivity contribution in [2.24, 2.45) is 5.73 Å². The predicted molar refractivity (Wildman–Crippen MR) is 104 cm³/mol. The van der Waals surface area contributed by atoms with Crippen LogP contribution in [0.2, 0.25) is 0 Å². The summed E-state index contributed by atoms with van der Waals surface area (Å²) >= 11 is 0. The molecule has 0 aromatic heterocycles. The first kappa shape index (κ1) is 19.1. The Kier molecular flexibility index (Phi) is 6.60. The van der Waals surface area contributed by atoms with E-state index in [4.69, 9.17) is 10.5 Å². The minimum atomic E-state index is -0.604. The molecule has 1 amide bonds. The Labute approximate surface area is 160 Å². The zero-order valence-electron chi connectivity index (χ0n) is 15.4. The van der Waals surface area contributed by atoms with E-state index in [0.29, 0.717) is 19.4 Å². The van der Waals surface area contributed by atoms with Gasteiger partial charge in [-0.2, -0.15) is 0 Å². The van der Waals surface area contributed by atoms with Crippen molar-refractivity contribution in [3.63, 3.8) is 0 Å². The molecule has 1 heterocycles. The standard InChI is InChI=1S/C22H26N2O3/c23-19(14-13-17-8-3-1-4-9-17)21(25)24-15-7-12-20(24)22(26)27-16-18-10-5-2-6-11-18/h1-6,8-11,19-20H,7,12-16,23H2/t19-,20+/m0/s1. The highest BCUT2D eigenvalue weighted by Gasteiger charge is 2.37. The van der Waals surface area contributed by atoms with Crippen molar-refractivity contribution < 1.29 is 14.3 Å². The molecule has 5 heteroatoms. The van der Waals surface area contributed by atoms with Crippen LogP contribution in [0, 0.1) is 0 Å². The number of amides is 1. The fraction of sp³-hybridized carbons (Fsp3) is 0.364. The number of carbonyl (C=O) groups excluding carboxylic acids is 2. The Morgan fingerprint density at radius 2 is 1.67 bits per heavy atom. The number of likely N-dealkylation sites (tertiary alicyclic amines) is 1. The lowest BCUT2D eigenvalue weighted by atomic mass is 10.0. The van der Waals surface area contributed by atoms with Crippen LogP contribution in [0.3, 0.4) is 0 Å². The third kappa shape index (κ3) is 5.17. The number of hydrogen-bond donors (Lipinski definition) is 1. The first-order valence-corrected chi connectivity index (χ1v) is 9.45. The Bertz CT molecular complexity index is 749. The first-order valence-electron chi connectivity index (χ1n) is 9.45. The number of nitrogens with zero attached hydrogens (tertiary/aromatic N) is 1. The van der Waals surface area contributed by atoms with Gasteiger partial charge in [-0.25, -0.2) is 4.79 Å². The van der Waals surface area contributed by atoms with Crippen LogP contribution in [0.4, 0.5) is 0 Å². The number of benzene rings is 2. The lowest BCUT2D eigenvalue weighted by Gasteiger charge is -2.26.